The molecule has 2 amide bonds. The molecule has 7 nitrogen and oxygen atoms in total. The summed E-state index contributed by atoms with van der Waals surface area (Å²) in [4.78, 5) is 42.1. The van der Waals surface area contributed by atoms with Gasteiger partial charge in [-0.15, -0.1) is 0 Å². The number of aromatic nitrogens is 1. The van der Waals surface area contributed by atoms with Crippen LogP contribution >= 0.6 is 0 Å². The smallest absolute Gasteiger partial charge is 0.340 e. The Morgan fingerprint density at radius 1 is 1.17 bits per heavy atom. The van der Waals surface area contributed by atoms with E-state index in [2.05, 4.69) is 10.3 Å². The highest BCUT2D eigenvalue weighted by molar-refractivity contribution is 6.00. The summed E-state index contributed by atoms with van der Waals surface area (Å²) in [5, 5.41) is 2.86. The molecule has 0 bridgehead atoms. The molecule has 1 saturated heterocycles. The van der Waals surface area contributed by atoms with Crippen molar-refractivity contribution < 1.29 is 19.1 Å². The molecule has 0 atom stereocenters. The number of benzene rings is 1. The summed E-state index contributed by atoms with van der Waals surface area (Å²) >= 11 is 0. The summed E-state index contributed by atoms with van der Waals surface area (Å²) in [6.07, 6.45) is 2.09. The Morgan fingerprint density at radius 3 is 2.59 bits per heavy atom. The number of nitrogens with zero attached hydrogens (tertiary/aromatic N) is 1. The van der Waals surface area contributed by atoms with Crippen molar-refractivity contribution in [3.8, 4) is 0 Å². The average Bonchev–Trinajstić information content (AvgIpc) is 3.34. The predicted molar refractivity (Wildman–Crippen MR) is 109 cm³/mol. The molecule has 1 aliphatic rings. The maximum Gasteiger partial charge on any atom is 0.340 e. The summed E-state index contributed by atoms with van der Waals surface area (Å²) in [6.45, 7) is 7.36. The van der Waals surface area contributed by atoms with Gasteiger partial charge in [0.1, 0.15) is 5.69 Å². The van der Waals surface area contributed by atoms with Crippen molar-refractivity contribution in [2.24, 2.45) is 0 Å². The lowest BCUT2D eigenvalue weighted by atomic mass is 10.1. The number of hydrogen-bond donors (Lipinski definition) is 2. The van der Waals surface area contributed by atoms with E-state index in [0.29, 0.717) is 28.1 Å². The van der Waals surface area contributed by atoms with Gasteiger partial charge in [0.2, 0.25) is 0 Å². The molecular weight excluding hydrogens is 370 g/mol. The quantitative estimate of drug-likeness (QED) is 0.733. The normalized spacial score (nSPS) is 13.4. The second-order valence-corrected chi connectivity index (χ2v) is 7.23. The van der Waals surface area contributed by atoms with Crippen LogP contribution in [0, 0.1) is 13.8 Å². The first kappa shape index (κ1) is 20.6. The maximum atomic E-state index is 12.6. The number of ether oxygens (including phenoxy) is 1. The van der Waals surface area contributed by atoms with Gasteiger partial charge in [0.05, 0.1) is 12.2 Å². The molecule has 2 heterocycles. The van der Waals surface area contributed by atoms with Gasteiger partial charge in [-0.2, -0.15) is 0 Å². The molecule has 0 radical (unpaired) electrons. The Morgan fingerprint density at radius 2 is 1.90 bits per heavy atom. The van der Waals surface area contributed by atoms with Crippen LogP contribution < -0.4 is 5.32 Å². The third kappa shape index (κ3) is 4.50. The Bertz CT molecular complexity index is 926. The van der Waals surface area contributed by atoms with Gasteiger partial charge in [-0.1, -0.05) is 12.1 Å². The summed E-state index contributed by atoms with van der Waals surface area (Å²) in [7, 11) is 0. The molecule has 2 aromatic rings. The minimum absolute atomic E-state index is 0.0330. The minimum Gasteiger partial charge on any atom is -0.462 e. The molecule has 3 rings (SSSR count). The highest BCUT2D eigenvalue weighted by Gasteiger charge is 2.23. The highest BCUT2D eigenvalue weighted by Crippen LogP contribution is 2.19. The van der Waals surface area contributed by atoms with E-state index in [1.165, 1.54) is 0 Å². The van der Waals surface area contributed by atoms with Crippen LogP contribution in [0.1, 0.15) is 67.8 Å². The molecule has 0 unspecified atom stereocenters. The van der Waals surface area contributed by atoms with Gasteiger partial charge in [-0.05, 0) is 56.9 Å². The van der Waals surface area contributed by atoms with Crippen LogP contribution in [-0.2, 0) is 11.3 Å². The Labute approximate surface area is 170 Å². The summed E-state index contributed by atoms with van der Waals surface area (Å²) in [5.41, 5.74) is 3.39. The van der Waals surface area contributed by atoms with Gasteiger partial charge in [-0.25, -0.2) is 4.79 Å². The van der Waals surface area contributed by atoms with Crippen LogP contribution in [0.15, 0.2) is 24.3 Å². The number of aromatic amines is 1. The molecule has 7 heteroatoms. The van der Waals surface area contributed by atoms with Crippen LogP contribution in [0.2, 0.25) is 0 Å². The molecule has 2 N–H and O–H groups in total. The fourth-order valence-corrected chi connectivity index (χ4v) is 3.67. The van der Waals surface area contributed by atoms with Crippen LogP contribution in [0.5, 0.6) is 0 Å². The number of amides is 2. The zero-order valence-electron chi connectivity index (χ0n) is 17.1. The van der Waals surface area contributed by atoms with Gasteiger partial charge in [0.15, 0.2) is 0 Å². The van der Waals surface area contributed by atoms with E-state index < -0.39 is 5.97 Å². The molecule has 29 heavy (non-hydrogen) atoms. The number of hydrogen-bond acceptors (Lipinski definition) is 4. The third-order valence-corrected chi connectivity index (χ3v) is 5.16. The van der Waals surface area contributed by atoms with E-state index in [4.69, 9.17) is 4.74 Å². The van der Waals surface area contributed by atoms with Crippen LogP contribution in [0.25, 0.3) is 0 Å². The first-order chi connectivity index (χ1) is 13.9. The molecule has 0 spiro atoms. The zero-order valence-corrected chi connectivity index (χ0v) is 17.1. The Hall–Kier alpha value is -3.09. The van der Waals surface area contributed by atoms with E-state index in [-0.39, 0.29) is 25.0 Å². The Balaban J connectivity index is 1.68. The lowest BCUT2D eigenvalue weighted by Crippen LogP contribution is -2.28. The summed E-state index contributed by atoms with van der Waals surface area (Å²) in [6, 6.07) is 7.32. The number of carbonyl (C=O) groups excluding carboxylic acids is 3. The van der Waals surface area contributed by atoms with Crippen molar-refractivity contribution >= 4 is 17.8 Å². The van der Waals surface area contributed by atoms with Crippen molar-refractivity contribution in [3.63, 3.8) is 0 Å². The van der Waals surface area contributed by atoms with E-state index in [1.54, 1.807) is 26.8 Å². The number of carbonyl (C=O) groups is 3. The number of esters is 1. The molecule has 0 aliphatic carbocycles. The van der Waals surface area contributed by atoms with Gasteiger partial charge < -0.3 is 19.9 Å². The molecule has 154 valence electrons. The summed E-state index contributed by atoms with van der Waals surface area (Å²) in [5.74, 6) is -0.714. The van der Waals surface area contributed by atoms with Crippen molar-refractivity contribution in [2.75, 3.05) is 19.7 Å². The number of rotatable bonds is 6. The predicted octanol–water partition coefficient (Wildman–Crippen LogP) is 2.97. The van der Waals surface area contributed by atoms with Gasteiger partial charge >= 0.3 is 5.97 Å². The molecule has 1 aromatic carbocycles. The van der Waals surface area contributed by atoms with Crippen molar-refractivity contribution in [1.82, 2.24) is 15.2 Å². The number of likely N-dealkylation sites (tertiary alicyclic amines) is 1. The molecule has 0 saturated carbocycles. The average molecular weight is 397 g/mol. The van der Waals surface area contributed by atoms with E-state index >= 15 is 0 Å². The number of nitrogens with one attached hydrogen (secondary N) is 2. The van der Waals surface area contributed by atoms with E-state index in [0.717, 1.165) is 31.5 Å². The zero-order chi connectivity index (χ0) is 21.0. The summed E-state index contributed by atoms with van der Waals surface area (Å²) < 4.78 is 5.06. The fraction of sp³-hybridized carbons (Fsp3) is 0.409. The lowest BCUT2D eigenvalue weighted by molar-refractivity contribution is 0.0524. The van der Waals surface area contributed by atoms with Gasteiger partial charge in [0.25, 0.3) is 11.8 Å². The fourth-order valence-electron chi connectivity index (χ4n) is 3.67. The number of H-pyrrole nitrogens is 1. The maximum absolute atomic E-state index is 12.6. The first-order valence-corrected chi connectivity index (χ1v) is 9.95. The number of aryl methyl sites for hydroxylation is 1. The molecule has 1 fully saturated rings. The third-order valence-electron chi connectivity index (χ3n) is 5.16. The second-order valence-electron chi connectivity index (χ2n) is 7.23. The molecule has 1 aliphatic heterocycles. The standard InChI is InChI=1S/C22H27N3O4/c1-4-29-22(28)18-14(2)19(24-15(18)3)20(26)23-13-16-8-7-9-17(12-16)21(27)25-10-5-6-11-25/h7-9,12,24H,4-6,10-11,13H2,1-3H3,(H,23,26). The van der Waals surface area contributed by atoms with Crippen LogP contribution in [0.4, 0.5) is 0 Å². The SMILES string of the molecule is CCOC(=O)c1c(C)[nH]c(C(=O)NCc2cccc(C(=O)N3CCCC3)c2)c1C. The second kappa shape index (κ2) is 8.94. The molecular formula is C22H27N3O4. The topological polar surface area (TPSA) is 91.5 Å². The van der Waals surface area contributed by atoms with Crippen LogP contribution in [0.3, 0.4) is 0 Å². The van der Waals surface area contributed by atoms with Crippen molar-refractivity contribution in [1.29, 1.82) is 0 Å². The highest BCUT2D eigenvalue weighted by atomic mass is 16.5. The van der Waals surface area contributed by atoms with Crippen molar-refractivity contribution in [2.45, 2.75) is 40.2 Å². The van der Waals surface area contributed by atoms with E-state index in [1.807, 2.05) is 23.1 Å². The first-order valence-electron chi connectivity index (χ1n) is 9.95. The monoisotopic (exact) mass is 397 g/mol. The van der Waals surface area contributed by atoms with Gasteiger partial charge in [0, 0.05) is 30.9 Å². The van der Waals surface area contributed by atoms with Crippen molar-refractivity contribution in [3.05, 3.63) is 57.9 Å². The van der Waals surface area contributed by atoms with Gasteiger partial charge in [-0.3, -0.25) is 9.59 Å². The van der Waals surface area contributed by atoms with E-state index in [9.17, 15) is 14.4 Å². The Kier molecular flexibility index (Phi) is 6.36. The lowest BCUT2D eigenvalue weighted by Gasteiger charge is -2.15. The largest absolute Gasteiger partial charge is 0.462 e. The van der Waals surface area contributed by atoms with Crippen LogP contribution in [-0.4, -0.2) is 47.4 Å². The minimum atomic E-state index is -0.439. The molecule has 1 aromatic heterocycles.